The standard InChI is InChI=1S/C72H137NO13/c1-3-5-7-9-11-13-15-17-19-21-23-25-27-29-30-32-34-36-38-40-42-44-46-48-50-52-54-56-64(77)73-60(59-83-71-69(82)67(80)70(63(58-75)85-71)86-72-68(81)66(79)65(78)62(57-74)84-72)61(76)55-53-51-49-47-45-43-41-39-37-35-33-31-28-26-24-22-20-18-16-14-12-10-8-6-4-2/h15,17,21,23,60-63,65-72,74-76,78-82H,3-14,16,18-20,22,24-59H2,1-2H3,(H,73,77)/b17-15-,23-21-. The Kier molecular flexibility index (Phi) is 53.7. The third kappa shape index (κ3) is 41.1. The molecule has 2 fully saturated rings. The molecule has 12 unspecified atom stereocenters. The minimum atomic E-state index is -1.78. The van der Waals surface area contributed by atoms with E-state index in [2.05, 4.69) is 43.5 Å². The van der Waals surface area contributed by atoms with Crippen molar-refractivity contribution in [3.63, 3.8) is 0 Å². The number of hydrogen-bond donors (Lipinski definition) is 9. The van der Waals surface area contributed by atoms with Crippen molar-refractivity contribution in [3.05, 3.63) is 24.3 Å². The van der Waals surface area contributed by atoms with Crippen LogP contribution in [0.5, 0.6) is 0 Å². The summed E-state index contributed by atoms with van der Waals surface area (Å²) in [5, 5.41) is 87.7. The van der Waals surface area contributed by atoms with Gasteiger partial charge in [0.2, 0.25) is 5.91 Å². The van der Waals surface area contributed by atoms with Gasteiger partial charge in [0, 0.05) is 6.42 Å². The van der Waals surface area contributed by atoms with Crippen LogP contribution >= 0.6 is 0 Å². The molecule has 2 saturated heterocycles. The van der Waals surface area contributed by atoms with Gasteiger partial charge in [-0.25, -0.2) is 0 Å². The number of carbonyl (C=O) groups excluding carboxylic acids is 1. The van der Waals surface area contributed by atoms with Crippen molar-refractivity contribution in [1.29, 1.82) is 0 Å². The van der Waals surface area contributed by atoms with Crippen LogP contribution in [0.25, 0.3) is 0 Å². The second kappa shape index (κ2) is 57.4. The predicted octanol–water partition coefficient (Wildman–Crippen LogP) is 15.1. The van der Waals surface area contributed by atoms with E-state index in [0.29, 0.717) is 12.8 Å². The van der Waals surface area contributed by atoms with Gasteiger partial charge >= 0.3 is 0 Å². The van der Waals surface area contributed by atoms with Gasteiger partial charge in [-0.15, -0.1) is 0 Å². The van der Waals surface area contributed by atoms with Crippen LogP contribution < -0.4 is 5.32 Å². The van der Waals surface area contributed by atoms with Crippen molar-refractivity contribution in [2.24, 2.45) is 0 Å². The molecule has 0 aliphatic carbocycles. The maximum atomic E-state index is 13.4. The Morgan fingerprint density at radius 2 is 0.767 bits per heavy atom. The van der Waals surface area contributed by atoms with E-state index in [9.17, 15) is 45.6 Å². The molecule has 0 aromatic carbocycles. The molecule has 9 N–H and O–H groups in total. The topological polar surface area (TPSA) is 228 Å². The number of aliphatic hydroxyl groups is 8. The molecule has 86 heavy (non-hydrogen) atoms. The van der Waals surface area contributed by atoms with Gasteiger partial charge in [0.1, 0.15) is 48.8 Å². The van der Waals surface area contributed by atoms with Crippen molar-refractivity contribution in [3.8, 4) is 0 Å². The predicted molar refractivity (Wildman–Crippen MR) is 351 cm³/mol. The highest BCUT2D eigenvalue weighted by Crippen LogP contribution is 2.30. The van der Waals surface area contributed by atoms with Crippen LogP contribution in [0, 0.1) is 0 Å². The minimum Gasteiger partial charge on any atom is -0.394 e. The first-order valence-electron chi connectivity index (χ1n) is 36.6. The number of rotatable bonds is 61. The van der Waals surface area contributed by atoms with E-state index in [1.54, 1.807) is 0 Å². The first-order valence-corrected chi connectivity index (χ1v) is 36.6. The number of carbonyl (C=O) groups is 1. The average molecular weight is 1220 g/mol. The molecule has 14 nitrogen and oxygen atoms in total. The highest BCUT2D eigenvalue weighted by atomic mass is 16.7. The fourth-order valence-electron chi connectivity index (χ4n) is 12.3. The normalized spacial score (nSPS) is 23.5. The quantitative estimate of drug-likeness (QED) is 0.0204. The molecule has 2 aliphatic rings. The van der Waals surface area contributed by atoms with E-state index in [0.717, 1.165) is 57.8 Å². The summed E-state index contributed by atoms with van der Waals surface area (Å²) in [6.07, 6.45) is 54.8. The molecule has 0 spiro atoms. The maximum Gasteiger partial charge on any atom is 0.220 e. The van der Waals surface area contributed by atoms with Gasteiger partial charge in [-0.05, 0) is 44.9 Å². The molecule has 12 atom stereocenters. The number of aliphatic hydroxyl groups excluding tert-OH is 8. The lowest BCUT2D eigenvalue weighted by Gasteiger charge is -2.46. The van der Waals surface area contributed by atoms with E-state index >= 15 is 0 Å². The van der Waals surface area contributed by atoms with Gasteiger partial charge in [-0.1, -0.05) is 308 Å². The third-order valence-electron chi connectivity index (χ3n) is 18.2. The summed E-state index contributed by atoms with van der Waals surface area (Å²) in [7, 11) is 0. The Bertz CT molecular complexity index is 1540. The van der Waals surface area contributed by atoms with Crippen molar-refractivity contribution in [1.82, 2.24) is 5.32 Å². The SMILES string of the molecule is CCCCCCC/C=C\C/C=C\CCCCCCCCCCCCCCCCCC(=O)NC(COC1OC(CO)C(OC2OC(CO)C(O)C(O)C2O)C(O)C1O)C(O)CCCCCCCCCCCCCCCCCCCCCCCCCCC. The van der Waals surface area contributed by atoms with Crippen LogP contribution in [0.2, 0.25) is 0 Å². The van der Waals surface area contributed by atoms with Crippen LogP contribution in [-0.4, -0.2) is 140 Å². The van der Waals surface area contributed by atoms with E-state index < -0.39 is 86.8 Å². The summed E-state index contributed by atoms with van der Waals surface area (Å²) in [4.78, 5) is 13.4. The zero-order valence-corrected chi connectivity index (χ0v) is 55.3. The van der Waals surface area contributed by atoms with Gasteiger partial charge in [-0.2, -0.15) is 0 Å². The number of nitrogens with one attached hydrogen (secondary N) is 1. The van der Waals surface area contributed by atoms with Crippen molar-refractivity contribution in [2.75, 3.05) is 19.8 Å². The van der Waals surface area contributed by atoms with Gasteiger partial charge in [0.25, 0.3) is 0 Å². The lowest BCUT2D eigenvalue weighted by molar-refractivity contribution is -0.359. The molecule has 0 bridgehead atoms. The van der Waals surface area contributed by atoms with Gasteiger partial charge in [0.15, 0.2) is 12.6 Å². The zero-order valence-electron chi connectivity index (χ0n) is 55.3. The largest absolute Gasteiger partial charge is 0.394 e. The van der Waals surface area contributed by atoms with Crippen molar-refractivity contribution in [2.45, 2.75) is 408 Å². The van der Waals surface area contributed by atoms with Gasteiger partial charge < -0.3 is 65.1 Å². The molecule has 0 aromatic rings. The second-order valence-electron chi connectivity index (χ2n) is 26.1. The first-order chi connectivity index (χ1) is 42.1. The van der Waals surface area contributed by atoms with Crippen LogP contribution in [0.15, 0.2) is 24.3 Å². The van der Waals surface area contributed by atoms with Crippen LogP contribution in [-0.2, 0) is 23.7 Å². The Hall–Kier alpha value is -1.53. The fraction of sp³-hybridized carbons (Fsp3) is 0.931. The Morgan fingerprint density at radius 1 is 0.419 bits per heavy atom. The van der Waals surface area contributed by atoms with Crippen molar-refractivity contribution >= 4 is 5.91 Å². The summed E-state index contributed by atoms with van der Waals surface area (Å²) in [5.74, 6) is -0.201. The van der Waals surface area contributed by atoms with E-state index in [1.807, 2.05) is 0 Å². The Morgan fingerprint density at radius 3 is 1.16 bits per heavy atom. The zero-order chi connectivity index (χ0) is 62.3. The smallest absolute Gasteiger partial charge is 0.220 e. The van der Waals surface area contributed by atoms with E-state index in [4.69, 9.17) is 18.9 Å². The molecule has 0 saturated carbocycles. The second-order valence-corrected chi connectivity index (χ2v) is 26.1. The number of amides is 1. The highest BCUT2D eigenvalue weighted by Gasteiger charge is 2.51. The summed E-state index contributed by atoms with van der Waals surface area (Å²) in [5.41, 5.74) is 0. The molecule has 2 rings (SSSR count). The van der Waals surface area contributed by atoms with Crippen LogP contribution in [0.4, 0.5) is 0 Å². The van der Waals surface area contributed by atoms with Crippen LogP contribution in [0.3, 0.4) is 0 Å². The average Bonchev–Trinajstić information content (AvgIpc) is 2.53. The molecule has 1 amide bonds. The van der Waals surface area contributed by atoms with Gasteiger partial charge in [0.05, 0.1) is 32.0 Å². The fourth-order valence-corrected chi connectivity index (χ4v) is 12.3. The Labute approximate surface area is 526 Å². The lowest BCUT2D eigenvalue weighted by Crippen LogP contribution is -2.65. The molecule has 14 heteroatoms. The third-order valence-corrected chi connectivity index (χ3v) is 18.2. The van der Waals surface area contributed by atoms with Crippen LogP contribution in [0.1, 0.15) is 335 Å². The lowest BCUT2D eigenvalue weighted by atomic mass is 9.97. The number of hydrogen-bond acceptors (Lipinski definition) is 13. The minimum absolute atomic E-state index is 0.201. The molecule has 0 radical (unpaired) electrons. The molecule has 508 valence electrons. The van der Waals surface area contributed by atoms with E-state index in [-0.39, 0.29) is 12.5 Å². The monoisotopic (exact) mass is 1220 g/mol. The molecule has 2 heterocycles. The Balaban J connectivity index is 1.65. The molecule has 2 aliphatic heterocycles. The highest BCUT2D eigenvalue weighted by molar-refractivity contribution is 5.76. The number of ether oxygens (including phenoxy) is 4. The molecular weight excluding hydrogens is 1090 g/mol. The molecule has 0 aromatic heterocycles. The first kappa shape index (κ1) is 80.6. The van der Waals surface area contributed by atoms with Gasteiger partial charge in [-0.3, -0.25) is 4.79 Å². The molecular formula is C72H137NO13. The summed E-state index contributed by atoms with van der Waals surface area (Å²) < 4.78 is 22.9. The summed E-state index contributed by atoms with van der Waals surface area (Å²) in [6, 6.07) is -0.828. The summed E-state index contributed by atoms with van der Waals surface area (Å²) >= 11 is 0. The van der Waals surface area contributed by atoms with Crippen molar-refractivity contribution < 1.29 is 64.6 Å². The van der Waals surface area contributed by atoms with E-state index in [1.165, 1.54) is 250 Å². The number of unbranched alkanes of at least 4 members (excludes halogenated alkanes) is 44. The summed E-state index contributed by atoms with van der Waals surface area (Å²) in [6.45, 7) is 2.91. The number of allylic oxidation sites excluding steroid dienone is 4. The maximum absolute atomic E-state index is 13.4.